The first-order valence-electron chi connectivity index (χ1n) is 12.2. The van der Waals surface area contributed by atoms with E-state index in [9.17, 15) is 29.1 Å². The van der Waals surface area contributed by atoms with E-state index in [0.717, 1.165) is 11.1 Å². The third-order valence-corrected chi connectivity index (χ3v) is 5.44. The van der Waals surface area contributed by atoms with E-state index in [4.69, 9.17) is 0 Å². The number of amides is 4. The van der Waals surface area contributed by atoms with Crippen LogP contribution in [0.5, 0.6) is 0 Å². The maximum Gasteiger partial charge on any atom is 0.305 e. The minimum absolute atomic E-state index is 0.0868. The molecule has 0 spiro atoms. The van der Waals surface area contributed by atoms with E-state index < -0.39 is 42.2 Å². The number of nitrogens with one attached hydrogen (secondary N) is 6. The molecule has 7 N–H and O–H groups in total. The molecule has 0 saturated heterocycles. The molecule has 0 radical (unpaired) electrons. The fourth-order valence-electron chi connectivity index (χ4n) is 3.53. The van der Waals surface area contributed by atoms with Crippen LogP contribution in [-0.4, -0.2) is 73.5 Å². The van der Waals surface area contributed by atoms with Gasteiger partial charge in [-0.15, -0.1) is 0 Å². The van der Waals surface area contributed by atoms with E-state index in [1.807, 2.05) is 26.0 Å². The topological polar surface area (TPSA) is 178 Å². The molecule has 0 aliphatic carbocycles. The van der Waals surface area contributed by atoms with Gasteiger partial charge in [0.2, 0.25) is 23.6 Å². The zero-order valence-electron chi connectivity index (χ0n) is 22.1. The van der Waals surface area contributed by atoms with E-state index in [-0.39, 0.29) is 24.4 Å². The van der Waals surface area contributed by atoms with Gasteiger partial charge in [0.25, 0.3) is 0 Å². The summed E-state index contributed by atoms with van der Waals surface area (Å²) in [6.45, 7) is 5.99. The van der Waals surface area contributed by atoms with Gasteiger partial charge in [-0.2, -0.15) is 0 Å². The van der Waals surface area contributed by atoms with E-state index in [0.29, 0.717) is 19.5 Å². The molecule has 3 atom stereocenters. The van der Waals surface area contributed by atoms with Crippen LogP contribution < -0.4 is 31.9 Å². The number of aliphatic carboxylic acids is 1. The highest BCUT2D eigenvalue weighted by molar-refractivity contribution is 5.93. The summed E-state index contributed by atoms with van der Waals surface area (Å²) >= 11 is 0. The fourth-order valence-corrected chi connectivity index (χ4v) is 3.53. The maximum atomic E-state index is 12.7. The molecule has 0 fully saturated rings. The first kappa shape index (κ1) is 31.5. The summed E-state index contributed by atoms with van der Waals surface area (Å²) in [6.07, 6.45) is -0.267. The van der Waals surface area contributed by atoms with Crippen molar-refractivity contribution in [2.45, 2.75) is 64.8 Å². The Bertz CT molecular complexity index is 921. The second kappa shape index (κ2) is 16.3. The number of likely N-dealkylation sites (N-methyl/N-ethyl adjacent to an activating group) is 2. The Hall–Kier alpha value is -3.51. The lowest BCUT2D eigenvalue weighted by Gasteiger charge is -2.23. The quantitative estimate of drug-likeness (QED) is 0.149. The number of carbonyl (C=O) groups is 5. The second-order valence-corrected chi connectivity index (χ2v) is 9.19. The van der Waals surface area contributed by atoms with Crippen molar-refractivity contribution >= 4 is 29.6 Å². The van der Waals surface area contributed by atoms with E-state index in [1.54, 1.807) is 26.2 Å². The van der Waals surface area contributed by atoms with Crippen LogP contribution in [0.4, 0.5) is 0 Å². The van der Waals surface area contributed by atoms with Crippen LogP contribution in [0.25, 0.3) is 0 Å². The van der Waals surface area contributed by atoms with Gasteiger partial charge in [-0.1, -0.05) is 38.1 Å². The van der Waals surface area contributed by atoms with Crippen molar-refractivity contribution in [1.29, 1.82) is 0 Å². The van der Waals surface area contributed by atoms with Crippen molar-refractivity contribution in [3.8, 4) is 0 Å². The van der Waals surface area contributed by atoms with Gasteiger partial charge in [-0.05, 0) is 37.6 Å². The predicted molar refractivity (Wildman–Crippen MR) is 138 cm³/mol. The smallest absolute Gasteiger partial charge is 0.305 e. The number of hydrogen-bond acceptors (Lipinski definition) is 7. The summed E-state index contributed by atoms with van der Waals surface area (Å²) in [4.78, 5) is 60.4. The van der Waals surface area contributed by atoms with Gasteiger partial charge >= 0.3 is 5.97 Å². The standard InChI is InChI=1S/C25H40N6O6/c1-15(2)10-19(30-16(3)32)25(37)31-20(11-22(33)34)23(35)28-12-17-6-8-18(9-7-17)13-29-24(36)21(27-5)14-26-4/h6-9,15,19-21,26-27H,10-14H2,1-5H3,(H,28,35)(H,29,36)(H,30,32)(H,31,37)(H,33,34)/t19-,20-,21?/m0/s1. The minimum Gasteiger partial charge on any atom is -0.481 e. The van der Waals surface area contributed by atoms with E-state index in [1.165, 1.54) is 6.92 Å². The summed E-state index contributed by atoms with van der Waals surface area (Å²) in [7, 11) is 3.48. The molecule has 1 aromatic carbocycles. The SMILES string of the molecule is CNCC(NC)C(=O)NCc1ccc(CNC(=O)[C@H](CC(=O)O)NC(=O)[C@H](CC(C)C)NC(C)=O)cc1. The highest BCUT2D eigenvalue weighted by Gasteiger charge is 2.28. The highest BCUT2D eigenvalue weighted by Crippen LogP contribution is 2.07. The van der Waals surface area contributed by atoms with Crippen LogP contribution in [0, 0.1) is 5.92 Å². The number of carboxylic acids is 1. The van der Waals surface area contributed by atoms with Crippen molar-refractivity contribution in [2.24, 2.45) is 5.92 Å². The van der Waals surface area contributed by atoms with Crippen LogP contribution in [0.15, 0.2) is 24.3 Å². The average molecular weight is 521 g/mol. The Morgan fingerprint density at radius 1 is 0.784 bits per heavy atom. The van der Waals surface area contributed by atoms with Crippen LogP contribution >= 0.6 is 0 Å². The van der Waals surface area contributed by atoms with Crippen molar-refractivity contribution in [1.82, 2.24) is 31.9 Å². The molecule has 12 nitrogen and oxygen atoms in total. The normalized spacial score (nSPS) is 13.2. The van der Waals surface area contributed by atoms with Gasteiger partial charge < -0.3 is 37.0 Å². The summed E-state index contributed by atoms with van der Waals surface area (Å²) in [5.41, 5.74) is 1.62. The fraction of sp³-hybridized carbons (Fsp3) is 0.560. The molecule has 37 heavy (non-hydrogen) atoms. The summed E-state index contributed by atoms with van der Waals surface area (Å²) < 4.78 is 0. The molecule has 206 valence electrons. The molecule has 0 bridgehead atoms. The lowest BCUT2D eigenvalue weighted by atomic mass is 10.0. The highest BCUT2D eigenvalue weighted by atomic mass is 16.4. The van der Waals surface area contributed by atoms with Gasteiger partial charge in [0, 0.05) is 26.6 Å². The largest absolute Gasteiger partial charge is 0.481 e. The molecule has 0 saturated carbocycles. The maximum absolute atomic E-state index is 12.7. The van der Waals surface area contributed by atoms with Gasteiger partial charge in [0.05, 0.1) is 12.5 Å². The van der Waals surface area contributed by atoms with Crippen molar-refractivity contribution in [3.63, 3.8) is 0 Å². The third kappa shape index (κ3) is 12.3. The first-order valence-corrected chi connectivity index (χ1v) is 12.2. The summed E-state index contributed by atoms with van der Waals surface area (Å²) in [5.74, 6) is -2.96. The molecule has 1 aromatic rings. The number of rotatable bonds is 16. The summed E-state index contributed by atoms with van der Waals surface area (Å²) in [6, 6.07) is 4.66. The molecular weight excluding hydrogens is 480 g/mol. The zero-order chi connectivity index (χ0) is 28.0. The van der Waals surface area contributed by atoms with Gasteiger partial charge in [-0.25, -0.2) is 0 Å². The van der Waals surface area contributed by atoms with Crippen LogP contribution in [0.1, 0.15) is 44.7 Å². The van der Waals surface area contributed by atoms with Gasteiger partial charge in [0.1, 0.15) is 12.1 Å². The molecule has 0 heterocycles. The lowest BCUT2D eigenvalue weighted by molar-refractivity contribution is -0.141. The average Bonchev–Trinajstić information content (AvgIpc) is 2.83. The Morgan fingerprint density at radius 3 is 1.70 bits per heavy atom. The number of carboxylic acid groups (broad SMARTS) is 1. The Kier molecular flexibility index (Phi) is 13.9. The van der Waals surface area contributed by atoms with Crippen LogP contribution in [0.3, 0.4) is 0 Å². The molecule has 0 aromatic heterocycles. The van der Waals surface area contributed by atoms with Crippen molar-refractivity contribution in [2.75, 3.05) is 20.6 Å². The van der Waals surface area contributed by atoms with E-state index >= 15 is 0 Å². The van der Waals surface area contributed by atoms with Crippen LogP contribution in [0.2, 0.25) is 0 Å². The Morgan fingerprint density at radius 2 is 1.30 bits per heavy atom. The zero-order valence-corrected chi connectivity index (χ0v) is 22.1. The Labute approximate surface area is 217 Å². The molecular formula is C25H40N6O6. The van der Waals surface area contributed by atoms with Gasteiger partial charge in [-0.3, -0.25) is 24.0 Å². The molecule has 1 unspecified atom stereocenters. The first-order chi connectivity index (χ1) is 17.5. The third-order valence-electron chi connectivity index (χ3n) is 5.44. The predicted octanol–water partition coefficient (Wildman–Crippen LogP) is -0.763. The monoisotopic (exact) mass is 520 g/mol. The van der Waals surface area contributed by atoms with Crippen molar-refractivity contribution < 1.29 is 29.1 Å². The molecule has 1 rings (SSSR count). The second-order valence-electron chi connectivity index (χ2n) is 9.19. The minimum atomic E-state index is -1.30. The Balaban J connectivity index is 2.72. The van der Waals surface area contributed by atoms with Crippen molar-refractivity contribution in [3.05, 3.63) is 35.4 Å². The molecule has 4 amide bonds. The summed E-state index contributed by atoms with van der Waals surface area (Å²) in [5, 5.41) is 25.6. The van der Waals surface area contributed by atoms with Gasteiger partial charge in [0.15, 0.2) is 0 Å². The number of hydrogen-bond donors (Lipinski definition) is 7. The molecule has 0 aliphatic heterocycles. The van der Waals surface area contributed by atoms with E-state index in [2.05, 4.69) is 31.9 Å². The number of benzene rings is 1. The molecule has 12 heteroatoms. The number of carbonyl (C=O) groups excluding carboxylic acids is 4. The molecule has 0 aliphatic rings. The van der Waals surface area contributed by atoms with Crippen LogP contribution in [-0.2, 0) is 37.1 Å². The lowest BCUT2D eigenvalue weighted by Crippen LogP contribution is -2.54.